The highest BCUT2D eigenvalue weighted by Gasteiger charge is 2.52. The molecule has 142 valence electrons. The number of esters is 1. The van der Waals surface area contributed by atoms with Crippen LogP contribution in [0.15, 0.2) is 48.5 Å². The molecule has 0 aromatic heterocycles. The van der Waals surface area contributed by atoms with Crippen molar-refractivity contribution in [1.29, 1.82) is 0 Å². The minimum absolute atomic E-state index is 0.0843. The molecule has 0 spiro atoms. The van der Waals surface area contributed by atoms with Gasteiger partial charge in [-0.15, -0.1) is 23.2 Å². The minimum atomic E-state index is -1.26. The molecule has 0 amide bonds. The smallest absolute Gasteiger partial charge is 0.355 e. The van der Waals surface area contributed by atoms with E-state index in [1.165, 1.54) is 24.3 Å². The number of alkyl halides is 2. The van der Waals surface area contributed by atoms with E-state index in [-0.39, 0.29) is 17.4 Å². The van der Waals surface area contributed by atoms with Crippen LogP contribution in [0.2, 0.25) is 0 Å². The van der Waals surface area contributed by atoms with Crippen LogP contribution >= 0.6 is 23.2 Å². The van der Waals surface area contributed by atoms with E-state index >= 15 is 0 Å². The van der Waals surface area contributed by atoms with Crippen LogP contribution in [0.25, 0.3) is 0 Å². The summed E-state index contributed by atoms with van der Waals surface area (Å²) in [6.07, 6.45) is 0.712. The summed E-state index contributed by atoms with van der Waals surface area (Å²) in [5.41, 5.74) is -0.330. The molecular weight excluding hydrogens is 393 g/mol. The molecule has 27 heavy (non-hydrogen) atoms. The van der Waals surface area contributed by atoms with Crippen molar-refractivity contribution in [2.24, 2.45) is 0 Å². The van der Waals surface area contributed by atoms with Gasteiger partial charge in [0.25, 0.3) is 5.69 Å². The third-order valence-electron chi connectivity index (χ3n) is 4.23. The molecule has 0 bridgehead atoms. The zero-order valence-electron chi connectivity index (χ0n) is 14.6. The summed E-state index contributed by atoms with van der Waals surface area (Å²) in [7, 11) is 0. The summed E-state index contributed by atoms with van der Waals surface area (Å²) in [6.45, 7) is 3.16. The number of halogens is 2. The lowest BCUT2D eigenvalue weighted by atomic mass is 10.1. The van der Waals surface area contributed by atoms with Crippen LogP contribution in [0.1, 0.15) is 31.7 Å². The first-order chi connectivity index (χ1) is 12.6. The van der Waals surface area contributed by atoms with E-state index in [1.807, 2.05) is 12.1 Å². The van der Waals surface area contributed by atoms with E-state index in [9.17, 15) is 14.9 Å². The number of ether oxygens (including phenoxy) is 2. The quantitative estimate of drug-likeness (QED) is 0.220. The van der Waals surface area contributed by atoms with Crippen molar-refractivity contribution in [3.63, 3.8) is 0 Å². The molecule has 0 radical (unpaired) electrons. The van der Waals surface area contributed by atoms with Crippen LogP contribution in [0, 0.1) is 10.1 Å². The average molecular weight is 410 g/mol. The van der Waals surface area contributed by atoms with E-state index in [4.69, 9.17) is 32.7 Å². The molecule has 0 aliphatic heterocycles. The molecule has 0 saturated heterocycles. The van der Waals surface area contributed by atoms with Gasteiger partial charge in [0, 0.05) is 18.1 Å². The van der Waals surface area contributed by atoms with Gasteiger partial charge < -0.3 is 9.47 Å². The summed E-state index contributed by atoms with van der Waals surface area (Å²) in [4.78, 5) is 22.6. The van der Waals surface area contributed by atoms with Crippen LogP contribution in [-0.4, -0.2) is 20.8 Å². The Kier molecular flexibility index (Phi) is 5.06. The second-order valence-electron chi connectivity index (χ2n) is 6.84. The number of carbonyl (C=O) groups is 1. The summed E-state index contributed by atoms with van der Waals surface area (Å²) in [6, 6.07) is 12.5. The van der Waals surface area contributed by atoms with Gasteiger partial charge in [-0.25, -0.2) is 4.79 Å². The second kappa shape index (κ2) is 7.02. The summed E-state index contributed by atoms with van der Waals surface area (Å²) >= 11 is 12.1. The van der Waals surface area contributed by atoms with Crippen molar-refractivity contribution in [2.45, 2.75) is 36.1 Å². The van der Waals surface area contributed by atoms with E-state index < -0.39 is 20.8 Å². The fraction of sp³-hybridized carbons (Fsp3) is 0.316. The van der Waals surface area contributed by atoms with E-state index in [1.54, 1.807) is 26.0 Å². The molecule has 1 fully saturated rings. The van der Waals surface area contributed by atoms with Crippen molar-refractivity contribution < 1.29 is 19.2 Å². The Balaban J connectivity index is 1.63. The lowest BCUT2D eigenvalue weighted by molar-refractivity contribution is -0.384. The normalized spacial score (nSPS) is 17.9. The third kappa shape index (κ3) is 4.51. The molecule has 0 N–H and O–H groups in total. The number of non-ortho nitro benzene ring substituents is 1. The molecule has 2 aromatic rings. The standard InChI is InChI=1S/C19H17Cl2NO5/c1-18(2,17(23)26-14-9-5-13(6-10-14)22(24)25)27-15-7-3-12(4-8-15)16-11-19(16,20)21/h3-10,16H,11H2,1-2H3. The SMILES string of the molecule is CC(C)(Oc1ccc(C2CC2(Cl)Cl)cc1)C(=O)Oc1ccc([N+](=O)[O-])cc1. The predicted molar refractivity (Wildman–Crippen MR) is 102 cm³/mol. The Morgan fingerprint density at radius 2 is 1.63 bits per heavy atom. The maximum atomic E-state index is 12.4. The van der Waals surface area contributed by atoms with Crippen molar-refractivity contribution in [3.05, 3.63) is 64.2 Å². The largest absolute Gasteiger partial charge is 0.476 e. The molecule has 1 saturated carbocycles. The van der Waals surface area contributed by atoms with E-state index in [0.717, 1.165) is 5.56 Å². The van der Waals surface area contributed by atoms with Gasteiger partial charge in [0.05, 0.1) is 4.92 Å². The molecule has 6 nitrogen and oxygen atoms in total. The van der Waals surface area contributed by atoms with Crippen molar-refractivity contribution in [2.75, 3.05) is 0 Å². The zero-order chi connectivity index (χ0) is 19.8. The molecule has 0 heterocycles. The number of carbonyl (C=O) groups excluding carboxylic acids is 1. The molecule has 3 rings (SSSR count). The zero-order valence-corrected chi connectivity index (χ0v) is 16.2. The van der Waals surface area contributed by atoms with Gasteiger partial charge in [0.2, 0.25) is 5.60 Å². The Morgan fingerprint density at radius 3 is 2.11 bits per heavy atom. The average Bonchev–Trinajstić information content (AvgIpc) is 3.24. The van der Waals surface area contributed by atoms with Crippen LogP contribution in [0.4, 0.5) is 5.69 Å². The van der Waals surface area contributed by atoms with E-state index in [0.29, 0.717) is 12.2 Å². The number of hydrogen-bond donors (Lipinski definition) is 0. The lowest BCUT2D eigenvalue weighted by Gasteiger charge is -2.24. The molecule has 1 atom stereocenters. The van der Waals surface area contributed by atoms with Crippen LogP contribution in [0.5, 0.6) is 11.5 Å². The summed E-state index contributed by atoms with van der Waals surface area (Å²) < 4.78 is 10.3. The number of nitro groups is 1. The Labute approximate surface area is 166 Å². The highest BCUT2D eigenvalue weighted by Crippen LogP contribution is 2.59. The Bertz CT molecular complexity index is 863. The number of rotatable bonds is 6. The third-order valence-corrected chi connectivity index (χ3v) is 5.07. The topological polar surface area (TPSA) is 78.7 Å². The highest BCUT2D eigenvalue weighted by atomic mass is 35.5. The first kappa shape index (κ1) is 19.5. The number of benzene rings is 2. The maximum Gasteiger partial charge on any atom is 0.355 e. The van der Waals surface area contributed by atoms with Gasteiger partial charge in [0.15, 0.2) is 0 Å². The van der Waals surface area contributed by atoms with Gasteiger partial charge in [0.1, 0.15) is 15.8 Å². The van der Waals surface area contributed by atoms with E-state index in [2.05, 4.69) is 0 Å². The second-order valence-corrected chi connectivity index (χ2v) is 8.38. The first-order valence-corrected chi connectivity index (χ1v) is 8.98. The summed E-state index contributed by atoms with van der Waals surface area (Å²) in [5.74, 6) is 0.185. The maximum absolute atomic E-state index is 12.4. The molecular formula is C19H17Cl2NO5. The van der Waals surface area contributed by atoms with Gasteiger partial charge in [-0.05, 0) is 50.1 Å². The van der Waals surface area contributed by atoms with Crippen molar-refractivity contribution in [1.82, 2.24) is 0 Å². The van der Waals surface area contributed by atoms with Crippen LogP contribution in [-0.2, 0) is 4.79 Å². The number of nitro benzene ring substituents is 1. The Hall–Kier alpha value is -2.31. The molecule has 1 unspecified atom stereocenters. The fourth-order valence-electron chi connectivity index (χ4n) is 2.55. The molecule has 2 aromatic carbocycles. The lowest BCUT2D eigenvalue weighted by Crippen LogP contribution is -2.41. The molecule has 1 aliphatic carbocycles. The van der Waals surface area contributed by atoms with Gasteiger partial charge in [-0.1, -0.05) is 12.1 Å². The van der Waals surface area contributed by atoms with Crippen LogP contribution < -0.4 is 9.47 Å². The van der Waals surface area contributed by atoms with Crippen molar-refractivity contribution >= 4 is 34.9 Å². The molecule has 1 aliphatic rings. The monoisotopic (exact) mass is 409 g/mol. The number of hydrogen-bond acceptors (Lipinski definition) is 5. The first-order valence-electron chi connectivity index (χ1n) is 8.22. The predicted octanol–water partition coefficient (Wildman–Crippen LogP) is 5.02. The summed E-state index contributed by atoms with van der Waals surface area (Å²) in [5, 5.41) is 10.7. The van der Waals surface area contributed by atoms with Crippen LogP contribution in [0.3, 0.4) is 0 Å². The van der Waals surface area contributed by atoms with Gasteiger partial charge in [-0.3, -0.25) is 10.1 Å². The van der Waals surface area contributed by atoms with Gasteiger partial charge >= 0.3 is 5.97 Å². The molecule has 8 heteroatoms. The minimum Gasteiger partial charge on any atom is -0.476 e. The Morgan fingerprint density at radius 1 is 1.11 bits per heavy atom. The number of nitrogens with zero attached hydrogens (tertiary/aromatic N) is 1. The highest BCUT2D eigenvalue weighted by molar-refractivity contribution is 6.51. The fourth-order valence-corrected chi connectivity index (χ4v) is 3.11. The van der Waals surface area contributed by atoms with Crippen molar-refractivity contribution in [3.8, 4) is 11.5 Å². The van der Waals surface area contributed by atoms with Gasteiger partial charge in [-0.2, -0.15) is 0 Å².